The van der Waals surface area contributed by atoms with Crippen LogP contribution in [-0.4, -0.2) is 22.7 Å². The van der Waals surface area contributed by atoms with Gasteiger partial charge in [-0.05, 0) is 32.0 Å². The molecule has 0 aliphatic rings. The van der Waals surface area contributed by atoms with Gasteiger partial charge in [0.15, 0.2) is 0 Å². The predicted octanol–water partition coefficient (Wildman–Crippen LogP) is 3.30. The van der Waals surface area contributed by atoms with Crippen LogP contribution in [0, 0.1) is 5.82 Å². The highest BCUT2D eigenvalue weighted by molar-refractivity contribution is 9.10. The summed E-state index contributed by atoms with van der Waals surface area (Å²) in [5.74, 6) is -1.16. The lowest BCUT2D eigenvalue weighted by Gasteiger charge is -2.04. The SMILES string of the molecule is CCOC(=O)C(C)c1nc(-c2cc(F)cc(Br)c2)no1. The topological polar surface area (TPSA) is 65.2 Å². The first-order valence-corrected chi connectivity index (χ1v) is 6.77. The zero-order chi connectivity index (χ0) is 14.7. The molecule has 0 aliphatic heterocycles. The molecular weight excluding hydrogens is 331 g/mol. The van der Waals surface area contributed by atoms with E-state index in [-0.39, 0.29) is 18.3 Å². The van der Waals surface area contributed by atoms with Crippen LogP contribution in [0.4, 0.5) is 4.39 Å². The molecule has 0 amide bonds. The number of carbonyl (C=O) groups is 1. The van der Waals surface area contributed by atoms with Crippen LogP contribution < -0.4 is 0 Å². The number of esters is 1. The van der Waals surface area contributed by atoms with Crippen LogP contribution in [0.2, 0.25) is 0 Å². The van der Waals surface area contributed by atoms with E-state index in [1.54, 1.807) is 19.9 Å². The molecule has 5 nitrogen and oxygen atoms in total. The van der Waals surface area contributed by atoms with Gasteiger partial charge in [-0.1, -0.05) is 21.1 Å². The second kappa shape index (κ2) is 6.13. The van der Waals surface area contributed by atoms with Crippen molar-refractivity contribution in [3.63, 3.8) is 0 Å². The molecule has 0 saturated carbocycles. The van der Waals surface area contributed by atoms with Gasteiger partial charge < -0.3 is 9.26 Å². The van der Waals surface area contributed by atoms with Crippen molar-refractivity contribution < 1.29 is 18.4 Å². The summed E-state index contributed by atoms with van der Waals surface area (Å²) in [6.45, 7) is 3.60. The van der Waals surface area contributed by atoms with Gasteiger partial charge >= 0.3 is 5.97 Å². The van der Waals surface area contributed by atoms with E-state index in [2.05, 4.69) is 26.1 Å². The summed E-state index contributed by atoms with van der Waals surface area (Å²) in [7, 11) is 0. The zero-order valence-corrected chi connectivity index (χ0v) is 12.5. The maximum atomic E-state index is 13.3. The lowest BCUT2D eigenvalue weighted by atomic mass is 10.2. The lowest BCUT2D eigenvalue weighted by molar-refractivity contribution is -0.145. The largest absolute Gasteiger partial charge is 0.465 e. The molecule has 0 radical (unpaired) electrons. The molecule has 1 heterocycles. The number of nitrogens with zero attached hydrogens (tertiary/aromatic N) is 2. The van der Waals surface area contributed by atoms with E-state index in [9.17, 15) is 9.18 Å². The minimum Gasteiger partial charge on any atom is -0.465 e. The summed E-state index contributed by atoms with van der Waals surface area (Å²) in [5.41, 5.74) is 0.461. The summed E-state index contributed by atoms with van der Waals surface area (Å²) in [5, 5.41) is 3.75. The highest BCUT2D eigenvalue weighted by atomic mass is 79.9. The highest BCUT2D eigenvalue weighted by Gasteiger charge is 2.23. The number of ether oxygens (including phenoxy) is 1. The van der Waals surface area contributed by atoms with Crippen molar-refractivity contribution in [1.82, 2.24) is 10.1 Å². The molecule has 1 aromatic heterocycles. The number of hydrogen-bond acceptors (Lipinski definition) is 5. The van der Waals surface area contributed by atoms with E-state index >= 15 is 0 Å². The van der Waals surface area contributed by atoms with Crippen LogP contribution in [-0.2, 0) is 9.53 Å². The average Bonchev–Trinajstić information content (AvgIpc) is 2.86. The number of rotatable bonds is 4. The molecule has 106 valence electrons. The maximum Gasteiger partial charge on any atom is 0.318 e. The Morgan fingerprint density at radius 3 is 2.90 bits per heavy atom. The highest BCUT2D eigenvalue weighted by Crippen LogP contribution is 2.24. The summed E-state index contributed by atoms with van der Waals surface area (Å²) in [4.78, 5) is 15.7. The normalized spacial score (nSPS) is 12.2. The Kier molecular flexibility index (Phi) is 4.49. The van der Waals surface area contributed by atoms with E-state index in [0.29, 0.717) is 10.0 Å². The standard InChI is InChI=1S/C13H12BrFN2O3/c1-3-19-13(18)7(2)12-16-11(17-20-12)8-4-9(14)6-10(15)5-8/h4-7H,3H2,1-2H3. The van der Waals surface area contributed by atoms with E-state index in [1.165, 1.54) is 12.1 Å². The van der Waals surface area contributed by atoms with Gasteiger partial charge in [-0.2, -0.15) is 4.98 Å². The third-order valence-electron chi connectivity index (χ3n) is 2.57. The second-order valence-electron chi connectivity index (χ2n) is 4.09. The molecule has 1 unspecified atom stereocenters. The first kappa shape index (κ1) is 14.6. The summed E-state index contributed by atoms with van der Waals surface area (Å²) < 4.78 is 23.8. The number of benzene rings is 1. The Morgan fingerprint density at radius 2 is 2.25 bits per heavy atom. The Bertz CT molecular complexity index is 610. The molecule has 0 saturated heterocycles. The number of carbonyl (C=O) groups excluding carboxylic acids is 1. The summed E-state index contributed by atoms with van der Waals surface area (Å²) in [6, 6.07) is 4.27. The molecule has 1 atom stereocenters. The molecule has 2 aromatic rings. The van der Waals surface area contributed by atoms with Crippen molar-refractivity contribution in [2.45, 2.75) is 19.8 Å². The fourth-order valence-corrected chi connectivity index (χ4v) is 2.04. The van der Waals surface area contributed by atoms with Gasteiger partial charge in [-0.3, -0.25) is 4.79 Å². The third-order valence-corrected chi connectivity index (χ3v) is 3.03. The second-order valence-corrected chi connectivity index (χ2v) is 5.00. The lowest BCUT2D eigenvalue weighted by Crippen LogP contribution is -2.13. The van der Waals surface area contributed by atoms with E-state index < -0.39 is 17.7 Å². The van der Waals surface area contributed by atoms with Crippen molar-refractivity contribution in [3.05, 3.63) is 34.4 Å². The van der Waals surface area contributed by atoms with Crippen molar-refractivity contribution in [2.75, 3.05) is 6.61 Å². The molecule has 1 aromatic carbocycles. The zero-order valence-electron chi connectivity index (χ0n) is 10.9. The van der Waals surface area contributed by atoms with Gasteiger partial charge in [-0.15, -0.1) is 0 Å². The molecule has 0 N–H and O–H groups in total. The minimum absolute atomic E-state index is 0.138. The monoisotopic (exact) mass is 342 g/mol. The van der Waals surface area contributed by atoms with Crippen LogP contribution in [0.25, 0.3) is 11.4 Å². The summed E-state index contributed by atoms with van der Waals surface area (Å²) >= 11 is 3.19. The first-order valence-electron chi connectivity index (χ1n) is 5.98. The van der Waals surface area contributed by atoms with Crippen molar-refractivity contribution >= 4 is 21.9 Å². The van der Waals surface area contributed by atoms with Gasteiger partial charge in [0.1, 0.15) is 11.7 Å². The Labute approximate surface area is 123 Å². The smallest absolute Gasteiger partial charge is 0.318 e. The van der Waals surface area contributed by atoms with Gasteiger partial charge in [0, 0.05) is 10.0 Å². The number of hydrogen-bond donors (Lipinski definition) is 0. The molecule has 2 rings (SSSR count). The molecule has 0 bridgehead atoms. The van der Waals surface area contributed by atoms with Crippen molar-refractivity contribution in [3.8, 4) is 11.4 Å². The fourth-order valence-electron chi connectivity index (χ4n) is 1.58. The van der Waals surface area contributed by atoms with Gasteiger partial charge in [0.05, 0.1) is 6.61 Å². The molecule has 0 aliphatic carbocycles. The summed E-state index contributed by atoms with van der Waals surface area (Å²) in [6.07, 6.45) is 0. The Morgan fingerprint density at radius 1 is 1.50 bits per heavy atom. The maximum absolute atomic E-state index is 13.3. The van der Waals surface area contributed by atoms with Crippen LogP contribution in [0.15, 0.2) is 27.2 Å². The molecule has 7 heteroatoms. The predicted molar refractivity (Wildman–Crippen MR) is 72.4 cm³/mol. The number of halogens is 2. The van der Waals surface area contributed by atoms with Crippen LogP contribution >= 0.6 is 15.9 Å². The Balaban J connectivity index is 2.26. The quantitative estimate of drug-likeness (QED) is 0.797. The first-order chi connectivity index (χ1) is 9.51. The Hall–Kier alpha value is -1.76. The van der Waals surface area contributed by atoms with Gasteiger partial charge in [0.25, 0.3) is 0 Å². The van der Waals surface area contributed by atoms with Crippen LogP contribution in [0.3, 0.4) is 0 Å². The van der Waals surface area contributed by atoms with Crippen molar-refractivity contribution in [1.29, 1.82) is 0 Å². The van der Waals surface area contributed by atoms with Crippen molar-refractivity contribution in [2.24, 2.45) is 0 Å². The molecular formula is C13H12BrFN2O3. The van der Waals surface area contributed by atoms with Crippen LogP contribution in [0.5, 0.6) is 0 Å². The molecule has 0 spiro atoms. The minimum atomic E-state index is -0.659. The van der Waals surface area contributed by atoms with E-state index in [0.717, 1.165) is 0 Å². The van der Waals surface area contributed by atoms with E-state index in [1.807, 2.05) is 0 Å². The molecule has 20 heavy (non-hydrogen) atoms. The third kappa shape index (κ3) is 3.22. The average molecular weight is 343 g/mol. The van der Waals surface area contributed by atoms with Gasteiger partial charge in [-0.25, -0.2) is 4.39 Å². The van der Waals surface area contributed by atoms with E-state index in [4.69, 9.17) is 9.26 Å². The molecule has 0 fully saturated rings. The van der Waals surface area contributed by atoms with Gasteiger partial charge in [0.2, 0.25) is 11.7 Å². The fraction of sp³-hybridized carbons (Fsp3) is 0.308. The van der Waals surface area contributed by atoms with Crippen LogP contribution in [0.1, 0.15) is 25.7 Å². The number of aromatic nitrogens is 2.